The summed E-state index contributed by atoms with van der Waals surface area (Å²) in [6.45, 7) is 1.81. The van der Waals surface area contributed by atoms with Crippen LogP contribution in [0.15, 0.2) is 0 Å². The first-order chi connectivity index (χ1) is 3.95. The van der Waals surface area contributed by atoms with Crippen LogP contribution in [0.4, 0.5) is 0 Å². The van der Waals surface area contributed by atoms with Gasteiger partial charge in [0.15, 0.2) is 0 Å². The van der Waals surface area contributed by atoms with E-state index in [9.17, 15) is 4.57 Å². The maximum absolute atomic E-state index is 10.1. The number of rotatable bonds is 3. The van der Waals surface area contributed by atoms with Gasteiger partial charge in [-0.05, 0) is 0 Å². The van der Waals surface area contributed by atoms with Gasteiger partial charge in [-0.15, -0.1) is 0 Å². The van der Waals surface area contributed by atoms with Gasteiger partial charge < -0.3 is 15.0 Å². The van der Waals surface area contributed by atoms with Crippen molar-refractivity contribution in [2.45, 2.75) is 6.92 Å². The summed E-state index contributed by atoms with van der Waals surface area (Å²) in [5.41, 5.74) is 0. The molecule has 0 aliphatic rings. The molecule has 0 aromatic heterocycles. The van der Waals surface area contributed by atoms with Gasteiger partial charge in [-0.2, -0.15) is 5.06 Å². The van der Waals surface area contributed by atoms with Crippen LogP contribution in [0, 0.1) is 0 Å². The molecule has 56 valence electrons. The Morgan fingerprint density at radius 3 is 2.11 bits per heavy atom. The van der Waals surface area contributed by atoms with E-state index in [1.54, 1.807) is 6.92 Å². The SMILES string of the molecule is CCN(O)CP(=O)(O)O. The molecule has 6 heteroatoms. The summed E-state index contributed by atoms with van der Waals surface area (Å²) in [6, 6.07) is 0. The monoisotopic (exact) mass is 155 g/mol. The van der Waals surface area contributed by atoms with Gasteiger partial charge in [0, 0.05) is 6.54 Å². The molecule has 0 aromatic carbocycles. The molecular formula is C3H10NO4P. The summed E-state index contributed by atoms with van der Waals surface area (Å²) in [5.74, 6) is 0. The highest BCUT2D eigenvalue weighted by Gasteiger charge is 2.15. The van der Waals surface area contributed by atoms with E-state index < -0.39 is 13.9 Å². The van der Waals surface area contributed by atoms with Gasteiger partial charge in [0.1, 0.15) is 6.29 Å². The minimum absolute atomic E-state index is 0.213. The van der Waals surface area contributed by atoms with Gasteiger partial charge in [0.2, 0.25) is 0 Å². The second-order valence-corrected chi connectivity index (χ2v) is 3.24. The summed E-state index contributed by atoms with van der Waals surface area (Å²) in [6.07, 6.45) is -0.594. The zero-order valence-corrected chi connectivity index (χ0v) is 5.95. The molecule has 5 nitrogen and oxygen atoms in total. The quantitative estimate of drug-likeness (QED) is 0.389. The van der Waals surface area contributed by atoms with Crippen LogP contribution in [0.3, 0.4) is 0 Å². The van der Waals surface area contributed by atoms with Crippen LogP contribution in [0.25, 0.3) is 0 Å². The van der Waals surface area contributed by atoms with Crippen LogP contribution >= 0.6 is 7.60 Å². The minimum Gasteiger partial charge on any atom is -0.323 e. The highest BCUT2D eigenvalue weighted by Crippen LogP contribution is 2.34. The Kier molecular flexibility index (Phi) is 3.32. The van der Waals surface area contributed by atoms with E-state index in [2.05, 4.69) is 0 Å². The van der Waals surface area contributed by atoms with Crippen molar-refractivity contribution in [3.8, 4) is 0 Å². The van der Waals surface area contributed by atoms with E-state index in [1.807, 2.05) is 0 Å². The lowest BCUT2D eigenvalue weighted by molar-refractivity contribution is -0.0723. The lowest BCUT2D eigenvalue weighted by atomic mass is 10.8. The fraction of sp³-hybridized carbons (Fsp3) is 1.00. The summed E-state index contributed by atoms with van der Waals surface area (Å²) >= 11 is 0. The standard InChI is InChI=1S/C3H10NO4P/c1-2-4(5)3-9(6,7)8/h5H,2-3H2,1H3,(H2,6,7,8). The predicted octanol–water partition coefficient (Wildman–Crippen LogP) is -0.167. The number of hydrogen-bond donors (Lipinski definition) is 3. The minimum atomic E-state index is -4.06. The molecule has 0 aliphatic carbocycles. The molecule has 0 unspecified atom stereocenters. The van der Waals surface area contributed by atoms with Crippen molar-refractivity contribution in [2.75, 3.05) is 12.8 Å². The van der Waals surface area contributed by atoms with Crippen LogP contribution in [-0.2, 0) is 4.57 Å². The Bertz CT molecular complexity index is 121. The fourth-order valence-corrected chi connectivity index (χ4v) is 0.938. The molecular weight excluding hydrogens is 145 g/mol. The first-order valence-corrected chi connectivity index (χ1v) is 4.24. The highest BCUT2D eigenvalue weighted by molar-refractivity contribution is 7.51. The van der Waals surface area contributed by atoms with Crippen molar-refractivity contribution in [3.63, 3.8) is 0 Å². The van der Waals surface area contributed by atoms with Gasteiger partial charge in [0.05, 0.1) is 0 Å². The molecule has 0 aromatic rings. The second kappa shape index (κ2) is 3.29. The Morgan fingerprint density at radius 2 is 2.00 bits per heavy atom. The lowest BCUT2D eigenvalue weighted by Gasteiger charge is -2.11. The van der Waals surface area contributed by atoms with E-state index in [0.717, 1.165) is 0 Å². The van der Waals surface area contributed by atoms with Crippen LogP contribution in [0.2, 0.25) is 0 Å². The van der Waals surface area contributed by atoms with E-state index >= 15 is 0 Å². The maximum Gasteiger partial charge on any atom is 0.341 e. The summed E-state index contributed by atoms with van der Waals surface area (Å²) in [7, 11) is -4.06. The maximum atomic E-state index is 10.1. The number of nitrogens with zero attached hydrogens (tertiary/aromatic N) is 1. The van der Waals surface area contributed by atoms with Crippen molar-refractivity contribution in [1.29, 1.82) is 0 Å². The highest BCUT2D eigenvalue weighted by atomic mass is 31.2. The molecule has 0 atom stereocenters. The number of hydroxylamine groups is 2. The van der Waals surface area contributed by atoms with Crippen molar-refractivity contribution in [3.05, 3.63) is 0 Å². The van der Waals surface area contributed by atoms with Crippen LogP contribution < -0.4 is 0 Å². The zero-order chi connectivity index (χ0) is 7.49. The zero-order valence-electron chi connectivity index (χ0n) is 5.06. The molecule has 0 heterocycles. The summed E-state index contributed by atoms with van der Waals surface area (Å²) < 4.78 is 10.1. The molecule has 0 fully saturated rings. The van der Waals surface area contributed by atoms with Gasteiger partial charge >= 0.3 is 7.60 Å². The van der Waals surface area contributed by atoms with Gasteiger partial charge in [-0.3, -0.25) is 4.57 Å². The van der Waals surface area contributed by atoms with Crippen molar-refractivity contribution in [2.24, 2.45) is 0 Å². The van der Waals surface area contributed by atoms with Gasteiger partial charge in [-0.1, -0.05) is 6.92 Å². The smallest absolute Gasteiger partial charge is 0.323 e. The van der Waals surface area contributed by atoms with Crippen molar-refractivity contribution >= 4 is 7.60 Å². The molecule has 0 bridgehead atoms. The molecule has 3 N–H and O–H groups in total. The molecule has 0 amide bonds. The average Bonchev–Trinajstić information content (AvgIpc) is 1.62. The first kappa shape index (κ1) is 9.07. The van der Waals surface area contributed by atoms with Gasteiger partial charge in [0.25, 0.3) is 0 Å². The molecule has 0 rings (SSSR count). The largest absolute Gasteiger partial charge is 0.341 e. The number of hydrogen-bond acceptors (Lipinski definition) is 3. The van der Waals surface area contributed by atoms with Crippen molar-refractivity contribution < 1.29 is 19.6 Å². The predicted molar refractivity (Wildman–Crippen MR) is 31.1 cm³/mol. The summed E-state index contributed by atoms with van der Waals surface area (Å²) in [5, 5.41) is 9.10. The normalized spacial score (nSPS) is 12.6. The van der Waals surface area contributed by atoms with E-state index in [1.165, 1.54) is 0 Å². The van der Waals surface area contributed by atoms with Crippen molar-refractivity contribution in [1.82, 2.24) is 5.06 Å². The second-order valence-electron chi connectivity index (χ2n) is 1.63. The molecule has 0 saturated carbocycles. The average molecular weight is 155 g/mol. The van der Waals surface area contributed by atoms with E-state index in [4.69, 9.17) is 15.0 Å². The summed E-state index contributed by atoms with van der Waals surface area (Å²) in [4.78, 5) is 16.5. The van der Waals surface area contributed by atoms with Crippen LogP contribution in [0.5, 0.6) is 0 Å². The van der Waals surface area contributed by atoms with E-state index in [0.29, 0.717) is 5.06 Å². The topological polar surface area (TPSA) is 81.0 Å². The van der Waals surface area contributed by atoms with Crippen LogP contribution in [0.1, 0.15) is 6.92 Å². The van der Waals surface area contributed by atoms with Crippen LogP contribution in [-0.4, -0.2) is 32.9 Å². The Balaban J connectivity index is 3.60. The molecule has 0 spiro atoms. The Hall–Kier alpha value is 0.0700. The molecule has 0 aliphatic heterocycles. The molecule has 9 heavy (non-hydrogen) atoms. The third-order valence-corrected chi connectivity index (χ3v) is 1.41. The van der Waals surface area contributed by atoms with Gasteiger partial charge in [-0.25, -0.2) is 0 Å². The Morgan fingerprint density at radius 1 is 1.56 bits per heavy atom. The Labute approximate surface area is 53.0 Å². The molecule has 0 radical (unpaired) electrons. The molecule has 0 saturated heterocycles. The lowest BCUT2D eigenvalue weighted by Crippen LogP contribution is -2.19. The fourth-order valence-electron chi connectivity index (χ4n) is 0.313. The third kappa shape index (κ3) is 5.95. The first-order valence-electron chi connectivity index (χ1n) is 2.44. The third-order valence-electron chi connectivity index (χ3n) is 0.712. The van der Waals surface area contributed by atoms with E-state index in [-0.39, 0.29) is 6.54 Å².